The third-order valence-corrected chi connectivity index (χ3v) is 4.34. The third-order valence-electron chi connectivity index (χ3n) is 4.34. The van der Waals surface area contributed by atoms with Crippen LogP contribution in [-0.2, 0) is 9.59 Å². The van der Waals surface area contributed by atoms with Gasteiger partial charge in [0.25, 0.3) is 0 Å². The zero-order valence-electron chi connectivity index (χ0n) is 14.7. The fourth-order valence-corrected chi connectivity index (χ4v) is 2.72. The Labute approximate surface area is 148 Å². The molecule has 0 saturated carbocycles. The van der Waals surface area contributed by atoms with E-state index in [9.17, 15) is 24.6 Å². The molecule has 1 amide bonds. The van der Waals surface area contributed by atoms with Crippen LogP contribution in [0.4, 0.5) is 5.69 Å². The lowest BCUT2D eigenvalue weighted by Crippen LogP contribution is -2.35. The normalized spacial score (nSPS) is 13.0. The number of hydrogen-bond acceptors (Lipinski definition) is 5. The average molecular weight is 347 g/mol. The maximum Gasteiger partial charge on any atom is 0.224 e. The molecule has 2 atom stereocenters. The monoisotopic (exact) mass is 347 g/mol. The van der Waals surface area contributed by atoms with Gasteiger partial charge >= 0.3 is 0 Å². The van der Waals surface area contributed by atoms with Crippen LogP contribution >= 0.6 is 0 Å². The Morgan fingerprint density at radius 3 is 2.20 bits per heavy atom. The molecule has 25 heavy (non-hydrogen) atoms. The molecule has 0 saturated heterocycles. The third kappa shape index (κ3) is 7.37. The van der Waals surface area contributed by atoms with E-state index in [4.69, 9.17) is 0 Å². The van der Waals surface area contributed by atoms with Gasteiger partial charge in [-0.3, -0.25) is 4.79 Å². The van der Waals surface area contributed by atoms with Crippen LogP contribution in [0.2, 0.25) is 0 Å². The topological polar surface area (TPSA) is 109 Å². The minimum Gasteiger partial charge on any atom is -0.550 e. The number of carboxylic acid groups (broad SMARTS) is 2. The molecule has 6 nitrogen and oxygen atoms in total. The number of anilines is 1. The number of carbonyl (C=O) groups excluding carboxylic acids is 3. The molecule has 1 rings (SSSR count). The molecular weight excluding hydrogens is 322 g/mol. The lowest BCUT2D eigenvalue weighted by Gasteiger charge is -2.24. The minimum atomic E-state index is -1.27. The van der Waals surface area contributed by atoms with Crippen LogP contribution in [0.15, 0.2) is 24.3 Å². The van der Waals surface area contributed by atoms with Gasteiger partial charge in [-0.25, -0.2) is 0 Å². The van der Waals surface area contributed by atoms with E-state index in [0.717, 1.165) is 19.3 Å². The summed E-state index contributed by atoms with van der Waals surface area (Å²) < 4.78 is 0. The summed E-state index contributed by atoms with van der Waals surface area (Å²) in [6, 6.07) is 5.68. The Hall–Kier alpha value is -2.37. The van der Waals surface area contributed by atoms with Gasteiger partial charge in [0.05, 0.1) is 5.97 Å². The van der Waals surface area contributed by atoms with Crippen molar-refractivity contribution < 1.29 is 24.6 Å². The van der Waals surface area contributed by atoms with Crippen molar-refractivity contribution in [1.29, 1.82) is 0 Å². The number of benzene rings is 1. The molecule has 1 N–H and O–H groups in total. The molecule has 0 fully saturated rings. The Morgan fingerprint density at radius 2 is 1.68 bits per heavy atom. The summed E-state index contributed by atoms with van der Waals surface area (Å²) in [7, 11) is 0. The maximum absolute atomic E-state index is 12.0. The predicted molar refractivity (Wildman–Crippen MR) is 90.4 cm³/mol. The number of nitrogens with one attached hydrogen (secondary N) is 1. The first-order chi connectivity index (χ1) is 11.8. The second-order valence-electron chi connectivity index (χ2n) is 6.35. The Balaban J connectivity index is 2.47. The number of carboxylic acids is 2. The molecule has 0 unspecified atom stereocenters. The molecule has 0 spiro atoms. The Kier molecular flexibility index (Phi) is 8.67. The van der Waals surface area contributed by atoms with E-state index in [1.165, 1.54) is 24.3 Å². The van der Waals surface area contributed by atoms with E-state index < -0.39 is 17.9 Å². The van der Waals surface area contributed by atoms with E-state index in [1.807, 2.05) is 6.92 Å². The van der Waals surface area contributed by atoms with Crippen molar-refractivity contribution in [2.45, 2.75) is 52.4 Å². The van der Waals surface area contributed by atoms with E-state index in [2.05, 4.69) is 12.2 Å². The Bertz CT molecular complexity index is 582. The van der Waals surface area contributed by atoms with Crippen molar-refractivity contribution in [3.63, 3.8) is 0 Å². The molecule has 0 aliphatic heterocycles. The minimum absolute atomic E-state index is 0.0375. The molecule has 0 radical (unpaired) electrons. The fraction of sp³-hybridized carbons (Fsp3) is 0.526. The van der Waals surface area contributed by atoms with Gasteiger partial charge in [0.15, 0.2) is 0 Å². The number of aromatic carboxylic acids is 1. The van der Waals surface area contributed by atoms with Crippen molar-refractivity contribution in [2.24, 2.45) is 11.8 Å². The van der Waals surface area contributed by atoms with Crippen LogP contribution in [0, 0.1) is 11.8 Å². The van der Waals surface area contributed by atoms with Gasteiger partial charge in [-0.05, 0) is 36.5 Å². The molecule has 6 heteroatoms. The number of aliphatic carboxylic acids is 1. The van der Waals surface area contributed by atoms with Crippen molar-refractivity contribution >= 4 is 23.5 Å². The van der Waals surface area contributed by atoms with E-state index in [1.54, 1.807) is 0 Å². The van der Waals surface area contributed by atoms with Crippen LogP contribution in [0.3, 0.4) is 0 Å². The molecule has 1 aromatic rings. The van der Waals surface area contributed by atoms with Crippen LogP contribution in [0.5, 0.6) is 0 Å². The smallest absolute Gasteiger partial charge is 0.224 e. The number of amides is 1. The van der Waals surface area contributed by atoms with Crippen molar-refractivity contribution in [3.05, 3.63) is 29.8 Å². The molecule has 0 aromatic heterocycles. The zero-order chi connectivity index (χ0) is 18.8. The summed E-state index contributed by atoms with van der Waals surface area (Å²) in [6.45, 7) is 3.88. The van der Waals surface area contributed by atoms with Crippen LogP contribution in [-0.4, -0.2) is 17.8 Å². The van der Waals surface area contributed by atoms with Gasteiger partial charge in [0, 0.05) is 24.0 Å². The van der Waals surface area contributed by atoms with Crippen molar-refractivity contribution in [1.82, 2.24) is 0 Å². The highest BCUT2D eigenvalue weighted by molar-refractivity contribution is 5.92. The summed E-state index contributed by atoms with van der Waals surface area (Å²) in [5.41, 5.74) is 0.526. The second kappa shape index (κ2) is 10.5. The van der Waals surface area contributed by atoms with Gasteiger partial charge in [-0.1, -0.05) is 45.2 Å². The standard InChI is InChI=1S/C19H27NO5/c1-3-4-5-6-16(19(24)25)13(2)7-12-17(21)20-15-10-8-14(9-11-15)18(22)23/h8-11,13,16H,3-7,12H2,1-2H3,(H,20,21)(H,22,23)(H,24,25)/p-2/t13-,16-/m0/s1. The molecule has 0 aliphatic rings. The number of hydrogen-bond donors (Lipinski definition) is 1. The maximum atomic E-state index is 12.0. The van der Waals surface area contributed by atoms with Crippen LogP contribution in [0.1, 0.15) is 62.7 Å². The molecule has 138 valence electrons. The van der Waals surface area contributed by atoms with Gasteiger partial charge in [0.1, 0.15) is 0 Å². The first kappa shape index (κ1) is 20.7. The lowest BCUT2D eigenvalue weighted by molar-refractivity contribution is -0.313. The number of unbranched alkanes of at least 4 members (excludes halogenated alkanes) is 2. The largest absolute Gasteiger partial charge is 0.550 e. The first-order valence-electron chi connectivity index (χ1n) is 8.67. The van der Waals surface area contributed by atoms with E-state index in [0.29, 0.717) is 18.5 Å². The van der Waals surface area contributed by atoms with Gasteiger partial charge in [-0.15, -0.1) is 0 Å². The zero-order valence-corrected chi connectivity index (χ0v) is 14.7. The quantitative estimate of drug-likeness (QED) is 0.608. The molecule has 0 aliphatic carbocycles. The fourth-order valence-electron chi connectivity index (χ4n) is 2.72. The van der Waals surface area contributed by atoms with Gasteiger partial charge < -0.3 is 25.1 Å². The van der Waals surface area contributed by atoms with Gasteiger partial charge in [-0.2, -0.15) is 0 Å². The number of rotatable bonds is 11. The second-order valence-corrected chi connectivity index (χ2v) is 6.35. The molecular formula is C19H25NO5-2. The van der Waals surface area contributed by atoms with Crippen molar-refractivity contribution in [3.8, 4) is 0 Å². The van der Waals surface area contributed by atoms with E-state index >= 15 is 0 Å². The summed E-state index contributed by atoms with van der Waals surface area (Å²) in [5, 5.41) is 24.6. The summed E-state index contributed by atoms with van der Waals surface area (Å²) in [6.07, 6.45) is 4.07. The van der Waals surface area contributed by atoms with Crippen molar-refractivity contribution in [2.75, 3.05) is 5.32 Å². The van der Waals surface area contributed by atoms with Crippen LogP contribution in [0.25, 0.3) is 0 Å². The first-order valence-corrected chi connectivity index (χ1v) is 8.67. The number of carbonyl (C=O) groups is 3. The molecule has 0 bridgehead atoms. The summed E-state index contributed by atoms with van der Waals surface area (Å²) in [4.78, 5) is 34.0. The predicted octanol–water partition coefficient (Wildman–Crippen LogP) is 1.35. The molecule has 0 heterocycles. The van der Waals surface area contributed by atoms with E-state index in [-0.39, 0.29) is 23.8 Å². The van der Waals surface area contributed by atoms with Crippen LogP contribution < -0.4 is 15.5 Å². The summed E-state index contributed by atoms with van der Waals surface area (Å²) >= 11 is 0. The summed E-state index contributed by atoms with van der Waals surface area (Å²) in [5.74, 6) is -3.25. The highest BCUT2D eigenvalue weighted by Gasteiger charge is 2.19. The lowest BCUT2D eigenvalue weighted by atomic mass is 9.86. The molecule has 1 aromatic carbocycles. The Morgan fingerprint density at radius 1 is 1.04 bits per heavy atom. The SMILES string of the molecule is CCCCC[C@H](C(=O)[O-])[C@@H](C)CCC(=O)Nc1ccc(C(=O)[O-])cc1. The average Bonchev–Trinajstić information content (AvgIpc) is 2.56. The highest BCUT2D eigenvalue weighted by Crippen LogP contribution is 2.23. The van der Waals surface area contributed by atoms with Gasteiger partial charge in [0.2, 0.25) is 5.91 Å². The highest BCUT2D eigenvalue weighted by atomic mass is 16.4.